The average molecular weight is 326 g/mol. The number of nitrogens with one attached hydrogen (secondary N) is 2. The number of benzene rings is 2. The van der Waals surface area contributed by atoms with Gasteiger partial charge in [0.15, 0.2) is 5.11 Å². The Kier molecular flexibility index (Phi) is 4.94. The number of hydrogen-bond donors (Lipinski definition) is 2. The third-order valence-electron chi connectivity index (χ3n) is 4.53. The maximum absolute atomic E-state index is 5.74. The number of nitrogens with zero attached hydrogens (tertiary/aromatic N) is 1. The van der Waals surface area contributed by atoms with Crippen molar-refractivity contribution in [1.29, 1.82) is 0 Å². The van der Waals surface area contributed by atoms with E-state index in [1.165, 1.54) is 11.1 Å². The van der Waals surface area contributed by atoms with E-state index in [1.807, 2.05) is 6.07 Å². The molecule has 2 aromatic carbocycles. The molecule has 0 aromatic heterocycles. The molecule has 1 aliphatic rings. The zero-order valence-electron chi connectivity index (χ0n) is 13.8. The lowest BCUT2D eigenvalue weighted by molar-refractivity contribution is -0.887. The molecule has 120 valence electrons. The fourth-order valence-electron chi connectivity index (χ4n) is 3.13. The van der Waals surface area contributed by atoms with Gasteiger partial charge < -0.3 is 15.1 Å². The van der Waals surface area contributed by atoms with Gasteiger partial charge in [0, 0.05) is 5.69 Å². The smallest absolute Gasteiger partial charge is 0.174 e. The Morgan fingerprint density at radius 1 is 1.13 bits per heavy atom. The molecule has 1 heterocycles. The van der Waals surface area contributed by atoms with E-state index in [4.69, 9.17) is 12.2 Å². The number of hydrogen-bond acceptors (Lipinski definition) is 1. The molecule has 0 saturated carbocycles. The molecule has 2 N–H and O–H groups in total. The number of piperazine rings is 1. The molecule has 1 saturated heterocycles. The normalized spacial score (nSPS) is 21.0. The zero-order chi connectivity index (χ0) is 16.2. The van der Waals surface area contributed by atoms with Crippen LogP contribution in [0.2, 0.25) is 0 Å². The number of quaternary nitrogens is 1. The van der Waals surface area contributed by atoms with E-state index in [0.29, 0.717) is 6.04 Å². The number of para-hydroxylation sites is 1. The summed E-state index contributed by atoms with van der Waals surface area (Å²) in [5.74, 6) is 0. The molecule has 0 radical (unpaired) electrons. The summed E-state index contributed by atoms with van der Waals surface area (Å²) in [5, 5.41) is 4.26. The van der Waals surface area contributed by atoms with Gasteiger partial charge in [-0.05, 0) is 36.3 Å². The maximum Gasteiger partial charge on any atom is 0.174 e. The Bertz CT molecular complexity index is 671. The van der Waals surface area contributed by atoms with Crippen LogP contribution in [0.5, 0.6) is 0 Å². The van der Waals surface area contributed by atoms with Gasteiger partial charge in [0.25, 0.3) is 0 Å². The second kappa shape index (κ2) is 7.11. The van der Waals surface area contributed by atoms with E-state index >= 15 is 0 Å². The van der Waals surface area contributed by atoms with E-state index in [-0.39, 0.29) is 0 Å². The molecule has 2 atom stereocenters. The van der Waals surface area contributed by atoms with Crippen LogP contribution in [-0.2, 0) is 0 Å². The second-order valence-corrected chi connectivity index (χ2v) is 6.66. The summed E-state index contributed by atoms with van der Waals surface area (Å²) in [5.41, 5.74) is 3.64. The van der Waals surface area contributed by atoms with Gasteiger partial charge in [-0.1, -0.05) is 48.5 Å². The topological polar surface area (TPSA) is 19.7 Å². The zero-order valence-corrected chi connectivity index (χ0v) is 14.6. The van der Waals surface area contributed by atoms with Crippen LogP contribution in [0.25, 0.3) is 0 Å². The quantitative estimate of drug-likeness (QED) is 0.826. The molecular weight excluding hydrogens is 302 g/mol. The van der Waals surface area contributed by atoms with Gasteiger partial charge in [0.05, 0.1) is 20.1 Å². The molecule has 0 aliphatic carbocycles. The lowest BCUT2D eigenvalue weighted by atomic mass is 10.0. The molecule has 3 rings (SSSR count). The van der Waals surface area contributed by atoms with E-state index in [1.54, 1.807) is 4.90 Å². The molecule has 3 nitrogen and oxygen atoms in total. The van der Waals surface area contributed by atoms with E-state index in [9.17, 15) is 0 Å². The SMILES string of the molecule is Cc1ccccc1NC(=S)N1CC[NH+](C)C[C@@H]1c1ccccc1. The molecule has 4 heteroatoms. The van der Waals surface area contributed by atoms with E-state index in [2.05, 4.69) is 72.7 Å². The van der Waals surface area contributed by atoms with Gasteiger partial charge in [-0.3, -0.25) is 0 Å². The van der Waals surface area contributed by atoms with Crippen LogP contribution < -0.4 is 10.2 Å². The minimum absolute atomic E-state index is 0.328. The summed E-state index contributed by atoms with van der Waals surface area (Å²) < 4.78 is 0. The summed E-state index contributed by atoms with van der Waals surface area (Å²) >= 11 is 5.74. The van der Waals surface area contributed by atoms with Crippen molar-refractivity contribution >= 4 is 23.0 Å². The third-order valence-corrected chi connectivity index (χ3v) is 4.87. The van der Waals surface area contributed by atoms with Gasteiger partial charge in [-0.25, -0.2) is 0 Å². The van der Waals surface area contributed by atoms with Crippen LogP contribution in [0.15, 0.2) is 54.6 Å². The number of anilines is 1. The lowest BCUT2D eigenvalue weighted by Crippen LogP contribution is -3.12. The van der Waals surface area contributed by atoms with Gasteiger partial charge in [-0.15, -0.1) is 0 Å². The van der Waals surface area contributed by atoms with Crippen molar-refractivity contribution in [3.05, 3.63) is 65.7 Å². The predicted molar refractivity (Wildman–Crippen MR) is 99.9 cm³/mol. The molecule has 0 spiro atoms. The molecular formula is C19H24N3S+. The second-order valence-electron chi connectivity index (χ2n) is 6.28. The maximum atomic E-state index is 5.74. The van der Waals surface area contributed by atoms with Crippen molar-refractivity contribution in [2.75, 3.05) is 32.0 Å². The highest BCUT2D eigenvalue weighted by Gasteiger charge is 2.31. The standard InChI is InChI=1S/C19H23N3S/c1-15-8-6-7-11-17(15)20-19(23)22-13-12-21(2)14-18(22)16-9-4-3-5-10-16/h3-11,18H,12-14H2,1-2H3,(H,20,23)/p+1/t18-/m1/s1. The molecule has 1 fully saturated rings. The van der Waals surface area contributed by atoms with Gasteiger partial charge in [0.1, 0.15) is 12.6 Å². The minimum atomic E-state index is 0.328. The van der Waals surface area contributed by atoms with E-state index in [0.717, 1.165) is 30.4 Å². The number of likely N-dealkylation sites (N-methyl/N-ethyl adjacent to an activating group) is 1. The summed E-state index contributed by atoms with van der Waals surface area (Å²) in [6.07, 6.45) is 0. The van der Waals surface area contributed by atoms with Crippen LogP contribution in [0.4, 0.5) is 5.69 Å². The van der Waals surface area contributed by atoms with Crippen LogP contribution >= 0.6 is 12.2 Å². The number of aryl methyl sites for hydroxylation is 1. The van der Waals surface area contributed by atoms with Crippen LogP contribution in [0.3, 0.4) is 0 Å². The fourth-order valence-corrected chi connectivity index (χ4v) is 3.45. The third kappa shape index (κ3) is 3.71. The average Bonchev–Trinajstić information content (AvgIpc) is 2.57. The summed E-state index contributed by atoms with van der Waals surface area (Å²) in [6, 6.07) is 19.3. The summed E-state index contributed by atoms with van der Waals surface area (Å²) in [7, 11) is 2.26. The summed E-state index contributed by atoms with van der Waals surface area (Å²) in [4.78, 5) is 3.89. The fraction of sp³-hybridized carbons (Fsp3) is 0.316. The Balaban J connectivity index is 1.81. The molecule has 0 amide bonds. The Morgan fingerprint density at radius 3 is 2.57 bits per heavy atom. The minimum Gasteiger partial charge on any atom is -0.334 e. The molecule has 1 aliphatic heterocycles. The van der Waals surface area contributed by atoms with Crippen LogP contribution in [0, 0.1) is 6.92 Å². The van der Waals surface area contributed by atoms with Crippen molar-refractivity contribution in [1.82, 2.24) is 4.90 Å². The number of rotatable bonds is 2. The van der Waals surface area contributed by atoms with E-state index < -0.39 is 0 Å². The first-order valence-corrected chi connectivity index (χ1v) is 8.55. The molecule has 1 unspecified atom stereocenters. The monoisotopic (exact) mass is 326 g/mol. The summed E-state index contributed by atoms with van der Waals surface area (Å²) in [6.45, 7) is 5.26. The Labute approximate surface area is 143 Å². The van der Waals surface area contributed by atoms with Gasteiger partial charge in [-0.2, -0.15) is 0 Å². The van der Waals surface area contributed by atoms with Crippen molar-refractivity contribution in [2.45, 2.75) is 13.0 Å². The highest BCUT2D eigenvalue weighted by molar-refractivity contribution is 7.80. The van der Waals surface area contributed by atoms with Crippen molar-refractivity contribution in [2.24, 2.45) is 0 Å². The highest BCUT2D eigenvalue weighted by atomic mass is 32.1. The number of thiocarbonyl (C=S) groups is 1. The lowest BCUT2D eigenvalue weighted by Gasteiger charge is -2.39. The molecule has 23 heavy (non-hydrogen) atoms. The Hall–Kier alpha value is -1.91. The largest absolute Gasteiger partial charge is 0.334 e. The first-order valence-electron chi connectivity index (χ1n) is 8.14. The Morgan fingerprint density at radius 2 is 1.83 bits per heavy atom. The first kappa shape index (κ1) is 16.0. The van der Waals surface area contributed by atoms with Crippen molar-refractivity contribution in [3.8, 4) is 0 Å². The highest BCUT2D eigenvalue weighted by Crippen LogP contribution is 2.22. The molecule has 0 bridgehead atoms. The van der Waals surface area contributed by atoms with Crippen molar-refractivity contribution < 1.29 is 4.90 Å². The van der Waals surface area contributed by atoms with Crippen LogP contribution in [0.1, 0.15) is 17.2 Å². The van der Waals surface area contributed by atoms with Gasteiger partial charge in [0.2, 0.25) is 0 Å². The van der Waals surface area contributed by atoms with Crippen LogP contribution in [-0.4, -0.2) is 36.7 Å². The molecule has 2 aromatic rings. The van der Waals surface area contributed by atoms with Gasteiger partial charge >= 0.3 is 0 Å². The predicted octanol–water partition coefficient (Wildman–Crippen LogP) is 2.26. The van der Waals surface area contributed by atoms with Crippen molar-refractivity contribution in [3.63, 3.8) is 0 Å². The first-order chi connectivity index (χ1) is 11.1.